The van der Waals surface area contributed by atoms with E-state index in [4.69, 9.17) is 0 Å². The summed E-state index contributed by atoms with van der Waals surface area (Å²) >= 11 is 3.36. The fourth-order valence-corrected chi connectivity index (χ4v) is 2.86. The van der Waals surface area contributed by atoms with Gasteiger partial charge in [0.2, 0.25) is 5.91 Å². The van der Waals surface area contributed by atoms with Crippen LogP contribution in [0.2, 0.25) is 0 Å². The SMILES string of the molecule is CC1(C)C(C(=O)O)CC(=O)N1c1cccc(Br)c1. The molecule has 1 unspecified atom stereocenters. The molecule has 1 saturated heterocycles. The largest absolute Gasteiger partial charge is 0.481 e. The number of hydrogen-bond acceptors (Lipinski definition) is 2. The molecule has 1 aliphatic rings. The monoisotopic (exact) mass is 311 g/mol. The van der Waals surface area contributed by atoms with Gasteiger partial charge in [0, 0.05) is 16.6 Å². The van der Waals surface area contributed by atoms with E-state index in [1.807, 2.05) is 24.3 Å². The van der Waals surface area contributed by atoms with Crippen LogP contribution in [-0.4, -0.2) is 22.5 Å². The summed E-state index contributed by atoms with van der Waals surface area (Å²) in [5.74, 6) is -1.75. The van der Waals surface area contributed by atoms with Crippen molar-refractivity contribution < 1.29 is 14.7 Å². The maximum Gasteiger partial charge on any atom is 0.309 e. The molecule has 0 radical (unpaired) electrons. The second-order valence-electron chi connectivity index (χ2n) is 4.96. The third-order valence-electron chi connectivity index (χ3n) is 3.42. The molecule has 1 aromatic carbocycles. The van der Waals surface area contributed by atoms with Crippen molar-refractivity contribution in [2.24, 2.45) is 5.92 Å². The molecule has 2 rings (SSSR count). The number of anilines is 1. The Hall–Kier alpha value is -1.36. The molecule has 1 heterocycles. The summed E-state index contributed by atoms with van der Waals surface area (Å²) in [5.41, 5.74) is 0.00657. The highest BCUT2D eigenvalue weighted by Crippen LogP contribution is 2.39. The number of carbonyl (C=O) groups is 2. The van der Waals surface area contributed by atoms with Crippen molar-refractivity contribution in [3.8, 4) is 0 Å². The van der Waals surface area contributed by atoms with Crippen molar-refractivity contribution in [3.05, 3.63) is 28.7 Å². The highest BCUT2D eigenvalue weighted by Gasteiger charge is 2.50. The molecule has 4 nitrogen and oxygen atoms in total. The molecule has 1 aromatic rings. The standard InChI is InChI=1S/C13H14BrNO3/c1-13(2)10(12(17)18)7-11(16)15(13)9-5-3-4-8(14)6-9/h3-6,10H,7H2,1-2H3,(H,17,18). The van der Waals surface area contributed by atoms with E-state index in [1.165, 1.54) is 0 Å². The number of amides is 1. The van der Waals surface area contributed by atoms with E-state index in [9.17, 15) is 14.7 Å². The van der Waals surface area contributed by atoms with Gasteiger partial charge in [0.1, 0.15) is 0 Å². The van der Waals surface area contributed by atoms with Crippen LogP contribution < -0.4 is 4.90 Å². The smallest absolute Gasteiger partial charge is 0.309 e. The average Bonchev–Trinajstić information content (AvgIpc) is 2.48. The van der Waals surface area contributed by atoms with Gasteiger partial charge in [0.25, 0.3) is 0 Å². The van der Waals surface area contributed by atoms with Gasteiger partial charge < -0.3 is 10.0 Å². The number of rotatable bonds is 2. The summed E-state index contributed by atoms with van der Waals surface area (Å²) in [7, 11) is 0. The Labute approximate surface area is 114 Å². The Morgan fingerprint density at radius 2 is 2.17 bits per heavy atom. The number of benzene rings is 1. The fourth-order valence-electron chi connectivity index (χ4n) is 2.47. The predicted octanol–water partition coefficient (Wildman–Crippen LogP) is 2.67. The first-order valence-corrected chi connectivity index (χ1v) is 6.45. The van der Waals surface area contributed by atoms with Gasteiger partial charge in [-0.05, 0) is 32.0 Å². The van der Waals surface area contributed by atoms with Gasteiger partial charge in [0.15, 0.2) is 0 Å². The third kappa shape index (κ3) is 2.03. The molecule has 0 spiro atoms. The summed E-state index contributed by atoms with van der Waals surface area (Å²) in [6.07, 6.45) is 0.0504. The summed E-state index contributed by atoms with van der Waals surface area (Å²) < 4.78 is 0.863. The minimum atomic E-state index is -0.925. The minimum Gasteiger partial charge on any atom is -0.481 e. The van der Waals surface area contributed by atoms with Crippen molar-refractivity contribution in [1.82, 2.24) is 0 Å². The summed E-state index contributed by atoms with van der Waals surface area (Å²) in [4.78, 5) is 24.9. The number of carboxylic acids is 1. The van der Waals surface area contributed by atoms with Crippen LogP contribution in [0, 0.1) is 5.92 Å². The Morgan fingerprint density at radius 3 is 2.67 bits per heavy atom. The van der Waals surface area contributed by atoms with E-state index >= 15 is 0 Å². The minimum absolute atomic E-state index is 0.0504. The summed E-state index contributed by atoms with van der Waals surface area (Å²) in [5, 5.41) is 9.20. The zero-order valence-corrected chi connectivity index (χ0v) is 11.8. The van der Waals surface area contributed by atoms with Gasteiger partial charge in [-0.15, -0.1) is 0 Å². The van der Waals surface area contributed by atoms with Crippen molar-refractivity contribution in [1.29, 1.82) is 0 Å². The van der Waals surface area contributed by atoms with Crippen LogP contribution >= 0.6 is 15.9 Å². The lowest BCUT2D eigenvalue weighted by Gasteiger charge is -2.34. The number of aliphatic carboxylic acids is 1. The van der Waals surface area contributed by atoms with E-state index in [0.29, 0.717) is 0 Å². The van der Waals surface area contributed by atoms with Gasteiger partial charge in [0.05, 0.1) is 11.5 Å². The Balaban J connectivity index is 2.45. The maximum atomic E-state index is 12.1. The molecule has 0 bridgehead atoms. The van der Waals surface area contributed by atoms with Crippen LogP contribution in [0.15, 0.2) is 28.7 Å². The lowest BCUT2D eigenvalue weighted by atomic mass is 9.88. The van der Waals surface area contributed by atoms with E-state index < -0.39 is 17.4 Å². The third-order valence-corrected chi connectivity index (χ3v) is 3.91. The number of hydrogen-bond donors (Lipinski definition) is 1. The van der Waals surface area contributed by atoms with Crippen LogP contribution in [0.5, 0.6) is 0 Å². The van der Waals surface area contributed by atoms with Crippen molar-refractivity contribution in [2.45, 2.75) is 25.8 Å². The topological polar surface area (TPSA) is 57.6 Å². The Morgan fingerprint density at radius 1 is 1.50 bits per heavy atom. The lowest BCUT2D eigenvalue weighted by molar-refractivity contribution is -0.143. The van der Waals surface area contributed by atoms with Gasteiger partial charge in [-0.1, -0.05) is 22.0 Å². The van der Waals surface area contributed by atoms with Crippen molar-refractivity contribution >= 4 is 33.5 Å². The van der Waals surface area contributed by atoms with Crippen LogP contribution in [0.25, 0.3) is 0 Å². The number of nitrogens with zero attached hydrogens (tertiary/aromatic N) is 1. The van der Waals surface area contributed by atoms with Gasteiger partial charge in [-0.25, -0.2) is 0 Å². The first kappa shape index (κ1) is 13.1. The molecule has 1 amide bonds. The van der Waals surface area contributed by atoms with Gasteiger partial charge in [-0.2, -0.15) is 0 Å². The molecule has 0 aliphatic carbocycles. The first-order chi connectivity index (χ1) is 8.34. The van der Waals surface area contributed by atoms with E-state index in [0.717, 1.165) is 10.2 Å². The molecular weight excluding hydrogens is 298 g/mol. The molecule has 1 N–H and O–H groups in total. The molecule has 96 valence electrons. The number of carboxylic acid groups (broad SMARTS) is 1. The lowest BCUT2D eigenvalue weighted by Crippen LogP contribution is -2.46. The van der Waals surface area contributed by atoms with E-state index in [-0.39, 0.29) is 12.3 Å². The molecule has 1 atom stereocenters. The second-order valence-corrected chi connectivity index (χ2v) is 5.87. The molecule has 0 saturated carbocycles. The molecule has 1 aliphatic heterocycles. The second kappa shape index (κ2) is 4.39. The van der Waals surface area contributed by atoms with Crippen LogP contribution in [0.1, 0.15) is 20.3 Å². The Bertz CT molecular complexity index is 513. The maximum absolute atomic E-state index is 12.1. The molecule has 5 heteroatoms. The average molecular weight is 312 g/mol. The molecular formula is C13H14BrNO3. The van der Waals surface area contributed by atoms with Crippen LogP contribution in [0.4, 0.5) is 5.69 Å². The zero-order chi connectivity index (χ0) is 13.5. The zero-order valence-electron chi connectivity index (χ0n) is 10.2. The number of halogens is 1. The predicted molar refractivity (Wildman–Crippen MR) is 71.4 cm³/mol. The van der Waals surface area contributed by atoms with Gasteiger partial charge in [-0.3, -0.25) is 9.59 Å². The van der Waals surface area contributed by atoms with E-state index in [2.05, 4.69) is 15.9 Å². The Kier molecular flexibility index (Phi) is 3.19. The van der Waals surface area contributed by atoms with Crippen molar-refractivity contribution in [3.63, 3.8) is 0 Å². The van der Waals surface area contributed by atoms with Crippen molar-refractivity contribution in [2.75, 3.05) is 4.90 Å². The fraction of sp³-hybridized carbons (Fsp3) is 0.385. The first-order valence-electron chi connectivity index (χ1n) is 5.65. The van der Waals surface area contributed by atoms with Crippen LogP contribution in [-0.2, 0) is 9.59 Å². The molecule has 0 aromatic heterocycles. The highest BCUT2D eigenvalue weighted by atomic mass is 79.9. The van der Waals surface area contributed by atoms with E-state index in [1.54, 1.807) is 18.7 Å². The molecule has 1 fully saturated rings. The quantitative estimate of drug-likeness (QED) is 0.913. The summed E-state index contributed by atoms with van der Waals surface area (Å²) in [6, 6.07) is 7.33. The molecule has 18 heavy (non-hydrogen) atoms. The normalized spacial score (nSPS) is 22.3. The highest BCUT2D eigenvalue weighted by molar-refractivity contribution is 9.10. The van der Waals surface area contributed by atoms with Crippen LogP contribution in [0.3, 0.4) is 0 Å². The van der Waals surface area contributed by atoms with Gasteiger partial charge >= 0.3 is 5.97 Å². The number of carbonyl (C=O) groups excluding carboxylic acids is 1. The summed E-state index contributed by atoms with van der Waals surface area (Å²) in [6.45, 7) is 3.58.